The van der Waals surface area contributed by atoms with Crippen molar-refractivity contribution in [3.63, 3.8) is 0 Å². The van der Waals surface area contributed by atoms with Gasteiger partial charge in [0.1, 0.15) is 0 Å². The van der Waals surface area contributed by atoms with Gasteiger partial charge in [0.2, 0.25) is 0 Å². The van der Waals surface area contributed by atoms with Crippen LogP contribution < -0.4 is 0 Å². The first-order valence-corrected chi connectivity index (χ1v) is 7.12. The molecule has 0 spiro atoms. The van der Waals surface area contributed by atoms with Crippen molar-refractivity contribution in [2.24, 2.45) is 0 Å². The Bertz CT molecular complexity index is 562. The number of hydrogen-bond donors (Lipinski definition) is 1. The molecule has 1 aliphatic rings. The number of hydrogen-bond acceptors (Lipinski definition) is 10. The Labute approximate surface area is 142 Å². The molecule has 1 heterocycles. The highest BCUT2D eigenvalue weighted by Crippen LogP contribution is 2.44. The fraction of sp³-hybridized carbons (Fsp3) is 0.643. The van der Waals surface area contributed by atoms with Crippen molar-refractivity contribution < 1.29 is 52.8 Å². The molecule has 11 nitrogen and oxygen atoms in total. The van der Waals surface area contributed by atoms with E-state index in [1.54, 1.807) is 0 Å². The van der Waals surface area contributed by atoms with E-state index in [1.165, 1.54) is 0 Å². The Morgan fingerprint density at radius 3 is 1.56 bits per heavy atom. The van der Waals surface area contributed by atoms with Crippen LogP contribution in [0, 0.1) is 0 Å². The molecule has 0 aromatic carbocycles. The normalized spacial score (nSPS) is 20.7. The fourth-order valence-electron chi connectivity index (χ4n) is 2.30. The van der Waals surface area contributed by atoms with Crippen LogP contribution in [-0.2, 0) is 47.7 Å². The first-order chi connectivity index (χ1) is 11.4. The second-order valence-electron chi connectivity index (χ2n) is 5.17. The van der Waals surface area contributed by atoms with E-state index in [1.807, 2.05) is 0 Å². The third-order valence-corrected chi connectivity index (χ3v) is 2.95. The van der Waals surface area contributed by atoms with Crippen LogP contribution >= 0.6 is 0 Å². The lowest BCUT2D eigenvalue weighted by Gasteiger charge is -2.47. The molecule has 0 amide bonds. The Kier molecular flexibility index (Phi) is 6.08. The van der Waals surface area contributed by atoms with Crippen LogP contribution in [-0.4, -0.2) is 52.8 Å². The highest BCUT2D eigenvalue weighted by Gasteiger charge is 2.70. The number of aliphatic carboxylic acids is 1. The van der Waals surface area contributed by atoms with Crippen LogP contribution in [0.15, 0.2) is 0 Å². The van der Waals surface area contributed by atoms with Gasteiger partial charge in [0.25, 0.3) is 0 Å². The SMILES string of the molecule is CC(=O)OC1(OC(C)=O)CCC(C(=O)O)OC1(OC(C)=O)OC(C)=O. The zero-order valence-electron chi connectivity index (χ0n) is 14.0. The summed E-state index contributed by atoms with van der Waals surface area (Å²) in [7, 11) is 0. The summed E-state index contributed by atoms with van der Waals surface area (Å²) in [4.78, 5) is 57.3. The van der Waals surface area contributed by atoms with Gasteiger partial charge in [0.05, 0.1) is 0 Å². The van der Waals surface area contributed by atoms with E-state index in [2.05, 4.69) is 0 Å². The molecule has 1 N–H and O–H groups in total. The topological polar surface area (TPSA) is 152 Å². The maximum atomic E-state index is 11.5. The number of carboxylic acids is 1. The third kappa shape index (κ3) is 4.66. The van der Waals surface area contributed by atoms with E-state index in [9.17, 15) is 24.0 Å². The number of esters is 4. The van der Waals surface area contributed by atoms with Gasteiger partial charge in [-0.2, -0.15) is 0 Å². The monoisotopic (exact) mass is 362 g/mol. The Morgan fingerprint density at radius 1 is 0.840 bits per heavy atom. The number of carbonyl (C=O) groups excluding carboxylic acids is 4. The molecule has 1 atom stereocenters. The average molecular weight is 362 g/mol. The smallest absolute Gasteiger partial charge is 0.459 e. The Morgan fingerprint density at radius 2 is 1.24 bits per heavy atom. The lowest BCUT2D eigenvalue weighted by atomic mass is 9.99. The van der Waals surface area contributed by atoms with Crippen LogP contribution in [0.3, 0.4) is 0 Å². The standard InChI is InChI=1S/C14H18O11/c1-7(15)21-13(22-8(2)16)6-5-11(12(19)20)25-14(13,23-9(3)17)24-10(4)18/h11H,5-6H2,1-4H3,(H,19,20). The highest BCUT2D eigenvalue weighted by molar-refractivity contribution is 5.74. The number of carbonyl (C=O) groups is 5. The number of rotatable bonds is 5. The predicted octanol–water partition coefficient (Wildman–Crippen LogP) is -0.148. The van der Waals surface area contributed by atoms with E-state index < -0.39 is 54.1 Å². The Hall–Kier alpha value is -2.69. The second-order valence-corrected chi connectivity index (χ2v) is 5.17. The van der Waals surface area contributed by atoms with Crippen molar-refractivity contribution >= 4 is 29.8 Å². The molecule has 0 saturated carbocycles. The molecule has 0 aromatic heterocycles. The van der Waals surface area contributed by atoms with E-state index in [-0.39, 0.29) is 6.42 Å². The summed E-state index contributed by atoms with van der Waals surface area (Å²) < 4.78 is 24.8. The van der Waals surface area contributed by atoms with E-state index in [0.717, 1.165) is 27.7 Å². The first-order valence-electron chi connectivity index (χ1n) is 7.12. The summed E-state index contributed by atoms with van der Waals surface area (Å²) in [5, 5.41) is 9.15. The van der Waals surface area contributed by atoms with E-state index in [4.69, 9.17) is 28.8 Å². The van der Waals surface area contributed by atoms with Crippen molar-refractivity contribution in [1.82, 2.24) is 0 Å². The molecule has 0 aromatic rings. The zero-order chi connectivity index (χ0) is 19.4. The summed E-state index contributed by atoms with van der Waals surface area (Å²) in [6, 6.07) is 0. The number of carboxylic acid groups (broad SMARTS) is 1. The second kappa shape index (κ2) is 7.47. The van der Waals surface area contributed by atoms with Gasteiger partial charge in [-0.25, -0.2) is 4.79 Å². The first kappa shape index (κ1) is 20.4. The molecule has 1 unspecified atom stereocenters. The molecular weight excluding hydrogens is 344 g/mol. The molecule has 0 aliphatic carbocycles. The number of ether oxygens (including phenoxy) is 5. The van der Waals surface area contributed by atoms with Crippen LogP contribution in [0.5, 0.6) is 0 Å². The predicted molar refractivity (Wildman–Crippen MR) is 74.3 cm³/mol. The lowest BCUT2D eigenvalue weighted by molar-refractivity contribution is -0.475. The van der Waals surface area contributed by atoms with Crippen molar-refractivity contribution in [1.29, 1.82) is 0 Å². The van der Waals surface area contributed by atoms with Gasteiger partial charge in [-0.15, -0.1) is 0 Å². The van der Waals surface area contributed by atoms with Crippen LogP contribution in [0.2, 0.25) is 0 Å². The molecule has 1 fully saturated rings. The summed E-state index contributed by atoms with van der Waals surface area (Å²) in [5.74, 6) is -11.0. The fourth-order valence-corrected chi connectivity index (χ4v) is 2.30. The van der Waals surface area contributed by atoms with E-state index >= 15 is 0 Å². The maximum Gasteiger partial charge on any atom is 0.459 e. The molecule has 0 bridgehead atoms. The van der Waals surface area contributed by atoms with Crippen molar-refractivity contribution in [2.45, 2.75) is 58.4 Å². The summed E-state index contributed by atoms with van der Waals surface area (Å²) in [6.45, 7) is 3.73. The maximum absolute atomic E-state index is 11.5. The van der Waals surface area contributed by atoms with Crippen molar-refractivity contribution in [2.75, 3.05) is 0 Å². The molecule has 0 radical (unpaired) electrons. The largest absolute Gasteiger partial charge is 0.479 e. The van der Waals surface area contributed by atoms with Crippen LogP contribution in [0.4, 0.5) is 0 Å². The van der Waals surface area contributed by atoms with Gasteiger partial charge in [-0.3, -0.25) is 23.9 Å². The summed E-state index contributed by atoms with van der Waals surface area (Å²) >= 11 is 0. The molecular formula is C14H18O11. The van der Waals surface area contributed by atoms with Gasteiger partial charge in [-0.1, -0.05) is 0 Å². The zero-order valence-corrected chi connectivity index (χ0v) is 14.0. The minimum Gasteiger partial charge on any atom is -0.479 e. The quantitative estimate of drug-likeness (QED) is 0.513. The lowest BCUT2D eigenvalue weighted by Crippen LogP contribution is -2.68. The minimum absolute atomic E-state index is 0.291. The van der Waals surface area contributed by atoms with Gasteiger partial charge in [-0.05, 0) is 6.42 Å². The average Bonchev–Trinajstić information content (AvgIpc) is 2.38. The molecule has 11 heteroatoms. The van der Waals surface area contributed by atoms with Gasteiger partial charge < -0.3 is 24.1 Å². The molecule has 1 rings (SSSR count). The van der Waals surface area contributed by atoms with Crippen LogP contribution in [0.1, 0.15) is 40.5 Å². The molecule has 25 heavy (non-hydrogen) atoms. The van der Waals surface area contributed by atoms with Crippen molar-refractivity contribution in [3.05, 3.63) is 0 Å². The Balaban J connectivity index is 3.55. The van der Waals surface area contributed by atoms with Crippen molar-refractivity contribution in [3.8, 4) is 0 Å². The molecule has 1 saturated heterocycles. The van der Waals surface area contributed by atoms with Crippen LogP contribution in [0.25, 0.3) is 0 Å². The third-order valence-electron chi connectivity index (χ3n) is 2.95. The van der Waals surface area contributed by atoms with Gasteiger partial charge >= 0.3 is 41.6 Å². The van der Waals surface area contributed by atoms with E-state index in [0.29, 0.717) is 0 Å². The summed E-state index contributed by atoms with van der Waals surface area (Å²) in [5.41, 5.74) is 0. The van der Waals surface area contributed by atoms with Gasteiger partial charge in [0.15, 0.2) is 6.10 Å². The molecule has 140 valence electrons. The van der Waals surface area contributed by atoms with Gasteiger partial charge in [0, 0.05) is 34.1 Å². The molecule has 1 aliphatic heterocycles. The highest BCUT2D eigenvalue weighted by atomic mass is 16.9. The summed E-state index contributed by atoms with van der Waals surface area (Å²) in [6.07, 6.45) is -2.35. The minimum atomic E-state index is -2.91.